The van der Waals surface area contributed by atoms with Gasteiger partial charge in [-0.1, -0.05) is 13.8 Å². The second-order valence-electron chi connectivity index (χ2n) is 9.09. The Hall–Kier alpha value is -1.58. The van der Waals surface area contributed by atoms with Crippen LogP contribution in [-0.4, -0.2) is 28.7 Å². The highest BCUT2D eigenvalue weighted by Gasteiger charge is 2.49. The molecule has 0 aromatic carbocycles. The molecule has 4 fully saturated rings. The molecule has 2 aliphatic heterocycles. The van der Waals surface area contributed by atoms with Crippen LogP contribution >= 0.6 is 0 Å². The number of amides is 1. The number of ketones is 1. The standard InChI is InChI=1S/C20H25NO3/c1-20(2)4-3-16-15(18(20)22)10-17(24-16)19(23)21-13-6-11-5-12(8-13)9-14(21)7-11/h10-14H,3-9H2,1-2H3. The summed E-state index contributed by atoms with van der Waals surface area (Å²) >= 11 is 0. The van der Waals surface area contributed by atoms with Crippen LogP contribution < -0.4 is 0 Å². The van der Waals surface area contributed by atoms with E-state index in [-0.39, 0.29) is 17.1 Å². The molecular formula is C20H25NO3. The van der Waals surface area contributed by atoms with Crippen LogP contribution in [0.4, 0.5) is 0 Å². The van der Waals surface area contributed by atoms with Crippen molar-refractivity contribution in [1.29, 1.82) is 0 Å². The molecule has 2 saturated heterocycles. The molecule has 0 spiro atoms. The van der Waals surface area contributed by atoms with E-state index in [4.69, 9.17) is 4.42 Å². The van der Waals surface area contributed by atoms with Crippen molar-refractivity contribution in [2.45, 2.75) is 70.9 Å². The van der Waals surface area contributed by atoms with Crippen molar-refractivity contribution in [3.8, 4) is 0 Å². The largest absolute Gasteiger partial charge is 0.455 e. The zero-order valence-corrected chi connectivity index (χ0v) is 14.5. The third-order valence-electron chi connectivity index (χ3n) is 6.97. The molecule has 1 amide bonds. The van der Waals surface area contributed by atoms with E-state index in [1.54, 1.807) is 6.07 Å². The molecule has 4 heteroatoms. The summed E-state index contributed by atoms with van der Waals surface area (Å²) in [6, 6.07) is 2.51. The minimum absolute atomic E-state index is 0.0174. The fourth-order valence-corrected chi connectivity index (χ4v) is 5.81. The average Bonchev–Trinajstić information content (AvgIpc) is 2.95. The Bertz CT molecular complexity index is 701. The lowest BCUT2D eigenvalue weighted by Gasteiger charge is -2.56. The van der Waals surface area contributed by atoms with Crippen LogP contribution in [-0.2, 0) is 6.42 Å². The molecule has 4 nitrogen and oxygen atoms in total. The maximum Gasteiger partial charge on any atom is 0.290 e. The predicted molar refractivity (Wildman–Crippen MR) is 89.0 cm³/mol. The lowest BCUT2D eigenvalue weighted by atomic mass is 9.63. The number of hydrogen-bond acceptors (Lipinski definition) is 3. The fourth-order valence-electron chi connectivity index (χ4n) is 5.81. The number of furan rings is 1. The van der Waals surface area contributed by atoms with Gasteiger partial charge in [0.25, 0.3) is 5.91 Å². The van der Waals surface area contributed by atoms with Crippen molar-refractivity contribution in [2.75, 3.05) is 0 Å². The molecule has 2 saturated carbocycles. The van der Waals surface area contributed by atoms with Crippen LogP contribution in [0, 0.1) is 17.3 Å². The lowest BCUT2D eigenvalue weighted by molar-refractivity contribution is -0.0430. The molecule has 0 atom stereocenters. The second-order valence-corrected chi connectivity index (χ2v) is 9.09. The van der Waals surface area contributed by atoms with Gasteiger partial charge in [0.2, 0.25) is 0 Å². The summed E-state index contributed by atoms with van der Waals surface area (Å²) in [5.41, 5.74) is 0.291. The summed E-state index contributed by atoms with van der Waals surface area (Å²) in [5.74, 6) is 2.88. The molecule has 4 bridgehead atoms. The molecule has 6 rings (SSSR count). The Balaban J connectivity index is 1.46. The highest BCUT2D eigenvalue weighted by Crippen LogP contribution is 2.49. The monoisotopic (exact) mass is 327 g/mol. The fraction of sp³-hybridized carbons (Fsp3) is 0.700. The van der Waals surface area contributed by atoms with Crippen LogP contribution in [0.2, 0.25) is 0 Å². The number of nitrogens with zero attached hydrogens (tertiary/aromatic N) is 1. The quantitative estimate of drug-likeness (QED) is 0.787. The van der Waals surface area contributed by atoms with E-state index in [0.717, 1.165) is 50.4 Å². The van der Waals surface area contributed by atoms with Crippen LogP contribution in [0.1, 0.15) is 79.0 Å². The number of rotatable bonds is 1. The third-order valence-corrected chi connectivity index (χ3v) is 6.97. The zero-order chi connectivity index (χ0) is 16.6. The zero-order valence-electron chi connectivity index (χ0n) is 14.5. The number of carbonyl (C=O) groups is 2. The smallest absolute Gasteiger partial charge is 0.290 e. The molecule has 3 heterocycles. The van der Waals surface area contributed by atoms with Gasteiger partial charge in [-0.3, -0.25) is 9.59 Å². The van der Waals surface area contributed by atoms with Crippen molar-refractivity contribution < 1.29 is 14.0 Å². The van der Waals surface area contributed by atoms with Crippen LogP contribution in [0.3, 0.4) is 0 Å². The molecule has 0 radical (unpaired) electrons. The van der Waals surface area contributed by atoms with Crippen molar-refractivity contribution in [2.24, 2.45) is 17.3 Å². The first-order valence-corrected chi connectivity index (χ1v) is 9.42. The number of hydrogen-bond donors (Lipinski definition) is 0. The summed E-state index contributed by atoms with van der Waals surface area (Å²) in [6.07, 6.45) is 7.54. The number of fused-ring (bicyclic) bond motifs is 1. The number of Topliss-reactive ketones (excluding diaryl/α,β-unsaturated/α-hetero) is 1. The van der Waals surface area contributed by atoms with Gasteiger partial charge in [-0.15, -0.1) is 0 Å². The highest BCUT2D eigenvalue weighted by atomic mass is 16.4. The molecule has 1 aromatic heterocycles. The Morgan fingerprint density at radius 1 is 1.12 bits per heavy atom. The first-order valence-electron chi connectivity index (χ1n) is 9.42. The molecule has 0 N–H and O–H groups in total. The molecule has 128 valence electrons. The minimum atomic E-state index is -0.347. The van der Waals surface area contributed by atoms with Gasteiger partial charge in [-0.2, -0.15) is 0 Å². The topological polar surface area (TPSA) is 50.5 Å². The molecule has 5 aliphatic rings. The molecule has 3 aliphatic carbocycles. The summed E-state index contributed by atoms with van der Waals surface area (Å²) in [6.45, 7) is 3.96. The van der Waals surface area contributed by atoms with E-state index in [9.17, 15) is 9.59 Å². The van der Waals surface area contributed by atoms with Gasteiger partial charge < -0.3 is 9.32 Å². The second kappa shape index (κ2) is 4.74. The van der Waals surface area contributed by atoms with Crippen LogP contribution in [0.25, 0.3) is 0 Å². The van der Waals surface area contributed by atoms with E-state index in [2.05, 4.69) is 4.90 Å². The van der Waals surface area contributed by atoms with Crippen LogP contribution in [0.5, 0.6) is 0 Å². The minimum Gasteiger partial charge on any atom is -0.455 e. The van der Waals surface area contributed by atoms with E-state index >= 15 is 0 Å². The normalized spacial score (nSPS) is 36.1. The van der Waals surface area contributed by atoms with E-state index in [1.165, 1.54) is 6.42 Å². The summed E-state index contributed by atoms with van der Waals surface area (Å²) in [7, 11) is 0. The van der Waals surface area contributed by atoms with Gasteiger partial charge in [0.15, 0.2) is 11.5 Å². The van der Waals surface area contributed by atoms with Gasteiger partial charge in [0.1, 0.15) is 5.76 Å². The summed E-state index contributed by atoms with van der Waals surface area (Å²) < 4.78 is 5.88. The van der Waals surface area contributed by atoms with Gasteiger partial charge in [-0.05, 0) is 50.4 Å². The van der Waals surface area contributed by atoms with Crippen molar-refractivity contribution in [3.63, 3.8) is 0 Å². The van der Waals surface area contributed by atoms with Crippen molar-refractivity contribution in [1.82, 2.24) is 4.90 Å². The highest BCUT2D eigenvalue weighted by molar-refractivity contribution is 6.04. The van der Waals surface area contributed by atoms with E-state index in [0.29, 0.717) is 29.2 Å². The maximum atomic E-state index is 13.1. The van der Waals surface area contributed by atoms with Gasteiger partial charge in [0.05, 0.1) is 5.56 Å². The Kier molecular flexibility index (Phi) is 2.91. The Labute approximate surface area is 142 Å². The van der Waals surface area contributed by atoms with Crippen molar-refractivity contribution in [3.05, 3.63) is 23.2 Å². The van der Waals surface area contributed by atoms with Gasteiger partial charge >= 0.3 is 0 Å². The molecule has 0 unspecified atom stereocenters. The number of aryl methyl sites for hydroxylation is 1. The summed E-state index contributed by atoms with van der Waals surface area (Å²) in [4.78, 5) is 27.9. The van der Waals surface area contributed by atoms with E-state index in [1.807, 2.05) is 13.8 Å². The summed E-state index contributed by atoms with van der Waals surface area (Å²) in [5, 5.41) is 0. The van der Waals surface area contributed by atoms with Crippen LogP contribution in [0.15, 0.2) is 10.5 Å². The molecular weight excluding hydrogens is 302 g/mol. The van der Waals surface area contributed by atoms with Gasteiger partial charge in [0, 0.05) is 30.0 Å². The molecule has 1 aromatic rings. The molecule has 24 heavy (non-hydrogen) atoms. The van der Waals surface area contributed by atoms with E-state index < -0.39 is 0 Å². The average molecular weight is 327 g/mol. The first-order chi connectivity index (χ1) is 11.4. The Morgan fingerprint density at radius 3 is 2.38 bits per heavy atom. The lowest BCUT2D eigenvalue weighted by Crippen LogP contribution is -2.59. The number of carbonyl (C=O) groups excluding carboxylic acids is 2. The van der Waals surface area contributed by atoms with Crippen molar-refractivity contribution >= 4 is 11.7 Å². The number of piperidine rings is 2. The SMILES string of the molecule is CC1(C)CCc2oc(C(=O)N3C4CC5CC(C4)CC3C5)cc2C1=O. The Morgan fingerprint density at radius 2 is 1.75 bits per heavy atom. The first kappa shape index (κ1) is 14.7. The maximum absolute atomic E-state index is 13.1. The van der Waals surface area contributed by atoms with Gasteiger partial charge in [-0.25, -0.2) is 0 Å². The third kappa shape index (κ3) is 1.98. The predicted octanol–water partition coefficient (Wildman–Crippen LogP) is 3.84.